The molecule has 1 aliphatic heterocycles. The first-order chi connectivity index (χ1) is 10.7. The first-order valence-corrected chi connectivity index (χ1v) is 9.18. The van der Waals surface area contributed by atoms with Crippen LogP contribution >= 0.6 is 0 Å². The third-order valence-corrected chi connectivity index (χ3v) is 5.11. The second kappa shape index (κ2) is 9.51. The second-order valence-corrected chi connectivity index (χ2v) is 7.04. The van der Waals surface area contributed by atoms with Crippen molar-refractivity contribution < 1.29 is 19.4 Å². The van der Waals surface area contributed by atoms with Gasteiger partial charge in [-0.15, -0.1) is 0 Å². The van der Waals surface area contributed by atoms with Crippen molar-refractivity contribution in [1.82, 2.24) is 0 Å². The van der Waals surface area contributed by atoms with E-state index in [-0.39, 0.29) is 0 Å². The Labute approximate surface area is 134 Å². The molecule has 2 rings (SSSR count). The predicted molar refractivity (Wildman–Crippen MR) is 86.0 cm³/mol. The van der Waals surface area contributed by atoms with Gasteiger partial charge in [0.25, 0.3) is 0 Å². The van der Waals surface area contributed by atoms with Gasteiger partial charge in [0.1, 0.15) is 0 Å². The van der Waals surface area contributed by atoms with Gasteiger partial charge in [0.15, 0.2) is 5.60 Å². The lowest BCUT2D eigenvalue weighted by molar-refractivity contribution is -0.144. The van der Waals surface area contributed by atoms with Crippen LogP contribution < -0.4 is 0 Å². The van der Waals surface area contributed by atoms with Gasteiger partial charge in [-0.25, -0.2) is 4.79 Å². The minimum absolute atomic E-state index is 0.342. The Hall–Kier alpha value is -0.610. The van der Waals surface area contributed by atoms with E-state index in [1.54, 1.807) is 0 Å². The van der Waals surface area contributed by atoms with E-state index in [2.05, 4.69) is 0 Å². The lowest BCUT2D eigenvalue weighted by Gasteiger charge is -2.18. The van der Waals surface area contributed by atoms with Gasteiger partial charge >= 0.3 is 5.97 Å². The number of carboxylic acids is 1. The summed E-state index contributed by atoms with van der Waals surface area (Å²) in [6, 6.07) is 0. The number of hydrogen-bond acceptors (Lipinski definition) is 3. The van der Waals surface area contributed by atoms with Crippen LogP contribution in [-0.2, 0) is 14.3 Å². The molecule has 128 valence electrons. The largest absolute Gasteiger partial charge is 0.479 e. The minimum Gasteiger partial charge on any atom is -0.479 e. The summed E-state index contributed by atoms with van der Waals surface area (Å²) in [6.45, 7) is 1.63. The van der Waals surface area contributed by atoms with E-state index in [0.717, 1.165) is 6.61 Å². The summed E-state index contributed by atoms with van der Waals surface area (Å²) in [7, 11) is 0. The van der Waals surface area contributed by atoms with Crippen LogP contribution in [0, 0.1) is 5.92 Å². The quantitative estimate of drug-likeness (QED) is 0.591. The molecule has 4 heteroatoms. The smallest absolute Gasteiger partial charge is 0.338 e. The summed E-state index contributed by atoms with van der Waals surface area (Å²) in [5, 5.41) is 9.05. The molecule has 0 amide bonds. The molecule has 1 N–H and O–H groups in total. The maximum atomic E-state index is 11.0. The molecule has 1 unspecified atom stereocenters. The second-order valence-electron chi connectivity index (χ2n) is 7.04. The van der Waals surface area contributed by atoms with E-state index in [4.69, 9.17) is 14.6 Å². The highest BCUT2D eigenvalue weighted by Gasteiger charge is 2.52. The first kappa shape index (κ1) is 17.7. The van der Waals surface area contributed by atoms with Crippen molar-refractivity contribution in [3.63, 3.8) is 0 Å². The van der Waals surface area contributed by atoms with Gasteiger partial charge in [-0.3, -0.25) is 0 Å². The predicted octanol–water partition coefficient (Wildman–Crippen LogP) is 4.17. The lowest BCUT2D eigenvalue weighted by Crippen LogP contribution is -2.26. The van der Waals surface area contributed by atoms with Gasteiger partial charge < -0.3 is 14.6 Å². The van der Waals surface area contributed by atoms with Crippen molar-refractivity contribution in [2.45, 2.75) is 82.7 Å². The molecular weight excluding hydrogens is 280 g/mol. The first-order valence-electron chi connectivity index (χ1n) is 9.18. The number of hydrogen-bond donors (Lipinski definition) is 1. The average Bonchev–Trinajstić information content (AvgIpc) is 3.27. The normalized spacial score (nSPS) is 28.5. The molecular formula is C18H32O4. The molecule has 4 nitrogen and oxygen atoms in total. The average molecular weight is 312 g/mol. The van der Waals surface area contributed by atoms with Crippen LogP contribution in [0.4, 0.5) is 0 Å². The summed E-state index contributed by atoms with van der Waals surface area (Å²) in [5.41, 5.74) is -0.924. The fourth-order valence-corrected chi connectivity index (χ4v) is 3.36. The third-order valence-electron chi connectivity index (χ3n) is 5.11. The van der Waals surface area contributed by atoms with E-state index in [1.807, 2.05) is 0 Å². The van der Waals surface area contributed by atoms with Crippen molar-refractivity contribution in [2.75, 3.05) is 19.8 Å². The van der Waals surface area contributed by atoms with Crippen molar-refractivity contribution in [3.05, 3.63) is 0 Å². The fraction of sp³-hybridized carbons (Fsp3) is 0.944. The van der Waals surface area contributed by atoms with Crippen molar-refractivity contribution in [1.29, 1.82) is 0 Å². The molecule has 1 atom stereocenters. The third kappa shape index (κ3) is 6.25. The Balaban J connectivity index is 1.61. The monoisotopic (exact) mass is 312 g/mol. The number of ether oxygens (including phenoxy) is 2. The number of rotatable bonds is 6. The summed E-state index contributed by atoms with van der Waals surface area (Å²) < 4.78 is 10.8. The molecule has 0 bridgehead atoms. The van der Waals surface area contributed by atoms with Crippen LogP contribution in [0.15, 0.2) is 0 Å². The molecule has 0 spiro atoms. The Kier molecular flexibility index (Phi) is 7.67. The van der Waals surface area contributed by atoms with Gasteiger partial charge in [-0.05, 0) is 18.8 Å². The molecule has 1 heterocycles. The molecule has 0 aromatic rings. The topological polar surface area (TPSA) is 59.1 Å². The van der Waals surface area contributed by atoms with Gasteiger partial charge in [-0.1, -0.05) is 57.8 Å². The molecule has 2 aliphatic rings. The summed E-state index contributed by atoms with van der Waals surface area (Å²) in [6.07, 6.45) is 15.3. The van der Waals surface area contributed by atoms with Gasteiger partial charge in [-0.2, -0.15) is 0 Å². The zero-order chi connectivity index (χ0) is 15.7. The standard InChI is InChI=1S/C18H32O4/c19-17(20)18(15-22-18)12-13-21-14-16-10-8-6-4-2-1-3-5-7-9-11-16/h16H,1-15H2,(H,19,20). The summed E-state index contributed by atoms with van der Waals surface area (Å²) in [5.74, 6) is -0.192. The summed E-state index contributed by atoms with van der Waals surface area (Å²) >= 11 is 0. The number of aliphatic carboxylic acids is 1. The number of carbonyl (C=O) groups is 1. The highest BCUT2D eigenvalue weighted by molar-refractivity contribution is 5.80. The van der Waals surface area contributed by atoms with E-state index in [9.17, 15) is 4.79 Å². The molecule has 2 fully saturated rings. The maximum Gasteiger partial charge on any atom is 0.338 e. The highest BCUT2D eigenvalue weighted by Crippen LogP contribution is 2.31. The van der Waals surface area contributed by atoms with Crippen LogP contribution in [0.1, 0.15) is 77.0 Å². The van der Waals surface area contributed by atoms with Crippen molar-refractivity contribution in [3.8, 4) is 0 Å². The molecule has 0 aromatic carbocycles. The molecule has 0 radical (unpaired) electrons. The van der Waals surface area contributed by atoms with Gasteiger partial charge in [0.05, 0.1) is 13.2 Å². The van der Waals surface area contributed by atoms with Crippen LogP contribution in [0.5, 0.6) is 0 Å². The fourth-order valence-electron chi connectivity index (χ4n) is 3.36. The number of epoxide rings is 1. The van der Waals surface area contributed by atoms with E-state index in [0.29, 0.717) is 25.6 Å². The number of carboxylic acid groups (broad SMARTS) is 1. The Bertz CT molecular complexity index is 313. The highest BCUT2D eigenvalue weighted by atomic mass is 16.6. The molecule has 0 aromatic heterocycles. The SMILES string of the molecule is O=C(O)C1(CCOCC2CCCCCCCCCCC2)CO1. The van der Waals surface area contributed by atoms with Crippen molar-refractivity contribution in [2.24, 2.45) is 5.92 Å². The van der Waals surface area contributed by atoms with Crippen LogP contribution in [0.3, 0.4) is 0 Å². The Morgan fingerprint density at radius 1 is 1.00 bits per heavy atom. The van der Waals surface area contributed by atoms with Crippen LogP contribution in [-0.4, -0.2) is 36.5 Å². The Morgan fingerprint density at radius 3 is 1.95 bits per heavy atom. The zero-order valence-corrected chi connectivity index (χ0v) is 13.9. The van der Waals surface area contributed by atoms with Crippen LogP contribution in [0.25, 0.3) is 0 Å². The summed E-state index contributed by atoms with van der Waals surface area (Å²) in [4.78, 5) is 11.0. The molecule has 1 saturated heterocycles. The zero-order valence-electron chi connectivity index (χ0n) is 13.9. The lowest BCUT2D eigenvalue weighted by atomic mass is 9.93. The van der Waals surface area contributed by atoms with Gasteiger partial charge in [0.2, 0.25) is 0 Å². The Morgan fingerprint density at radius 2 is 1.50 bits per heavy atom. The molecule has 22 heavy (non-hydrogen) atoms. The van der Waals surface area contributed by atoms with E-state index >= 15 is 0 Å². The molecule has 1 saturated carbocycles. The molecule has 1 aliphatic carbocycles. The maximum absolute atomic E-state index is 11.0. The van der Waals surface area contributed by atoms with Crippen LogP contribution in [0.2, 0.25) is 0 Å². The van der Waals surface area contributed by atoms with Gasteiger partial charge in [0, 0.05) is 13.0 Å². The van der Waals surface area contributed by atoms with E-state index < -0.39 is 11.6 Å². The van der Waals surface area contributed by atoms with Crippen molar-refractivity contribution >= 4 is 5.97 Å². The minimum atomic E-state index is -0.924. The van der Waals surface area contributed by atoms with E-state index in [1.165, 1.54) is 70.6 Å².